The summed E-state index contributed by atoms with van der Waals surface area (Å²) in [6, 6.07) is 0. The Morgan fingerprint density at radius 3 is 2.56 bits per heavy atom. The van der Waals surface area contributed by atoms with Crippen LogP contribution in [0.4, 0.5) is 0 Å². The van der Waals surface area contributed by atoms with Gasteiger partial charge in [0.1, 0.15) is 5.60 Å². The van der Waals surface area contributed by atoms with Gasteiger partial charge < -0.3 is 19.7 Å². The van der Waals surface area contributed by atoms with Gasteiger partial charge in [0.2, 0.25) is 0 Å². The average molecular weight is 447 g/mol. The number of allylic oxidation sites excluding steroid dienone is 1. The molecule has 0 aromatic rings. The third-order valence-corrected chi connectivity index (χ3v) is 8.78. The molecule has 2 aliphatic heterocycles. The maximum absolute atomic E-state index is 13.2. The highest BCUT2D eigenvalue weighted by Crippen LogP contribution is 2.59. The van der Waals surface area contributed by atoms with Crippen molar-refractivity contribution in [1.82, 2.24) is 0 Å². The van der Waals surface area contributed by atoms with Gasteiger partial charge in [-0.25, -0.2) is 4.79 Å². The lowest BCUT2D eigenvalue weighted by molar-refractivity contribution is -0.143. The molecular formula is C25H34O7. The van der Waals surface area contributed by atoms with Crippen LogP contribution in [0, 0.1) is 22.7 Å². The Bertz CT molecular complexity index is 929. The third-order valence-electron chi connectivity index (χ3n) is 8.78. The van der Waals surface area contributed by atoms with E-state index in [2.05, 4.69) is 0 Å². The Labute approximate surface area is 188 Å². The van der Waals surface area contributed by atoms with Gasteiger partial charge in [-0.3, -0.25) is 9.59 Å². The fourth-order valence-corrected chi connectivity index (χ4v) is 6.90. The van der Waals surface area contributed by atoms with Crippen molar-refractivity contribution >= 4 is 17.7 Å². The molecule has 32 heavy (non-hydrogen) atoms. The first-order chi connectivity index (χ1) is 14.9. The number of hydrogen-bond acceptors (Lipinski definition) is 6. The molecule has 2 saturated heterocycles. The molecule has 2 aliphatic carbocycles. The Hall–Kier alpha value is -1.99. The lowest BCUT2D eigenvalue weighted by Gasteiger charge is -2.46. The molecule has 0 saturated carbocycles. The minimum Gasteiger partial charge on any atom is -0.478 e. The van der Waals surface area contributed by atoms with Crippen LogP contribution in [0.15, 0.2) is 22.8 Å². The van der Waals surface area contributed by atoms with Crippen LogP contribution in [-0.4, -0.2) is 52.9 Å². The predicted molar refractivity (Wildman–Crippen MR) is 116 cm³/mol. The summed E-state index contributed by atoms with van der Waals surface area (Å²) in [6.45, 7) is 7.64. The summed E-state index contributed by atoms with van der Waals surface area (Å²) in [5.41, 5.74) is -0.929. The summed E-state index contributed by atoms with van der Waals surface area (Å²) in [7, 11) is 1.35. The predicted octanol–water partition coefficient (Wildman–Crippen LogP) is 3.20. The molecule has 4 rings (SSSR count). The lowest BCUT2D eigenvalue weighted by Crippen LogP contribution is -2.47. The van der Waals surface area contributed by atoms with Crippen molar-refractivity contribution in [2.45, 2.75) is 84.0 Å². The quantitative estimate of drug-likeness (QED) is 0.603. The molecule has 2 fully saturated rings. The molecule has 2 bridgehead atoms. The first kappa shape index (κ1) is 23.2. The molecule has 0 unspecified atom stereocenters. The maximum atomic E-state index is 13.2. The zero-order valence-electron chi connectivity index (χ0n) is 19.6. The lowest BCUT2D eigenvalue weighted by atomic mass is 9.59. The largest absolute Gasteiger partial charge is 0.478 e. The molecule has 0 radical (unpaired) electrons. The summed E-state index contributed by atoms with van der Waals surface area (Å²) in [5.74, 6) is -1.49. The van der Waals surface area contributed by atoms with Crippen LogP contribution in [0.2, 0.25) is 0 Å². The van der Waals surface area contributed by atoms with E-state index in [1.165, 1.54) is 7.11 Å². The molecule has 2 heterocycles. The van der Waals surface area contributed by atoms with E-state index in [4.69, 9.17) is 9.47 Å². The summed E-state index contributed by atoms with van der Waals surface area (Å²) >= 11 is 0. The number of esters is 1. The van der Waals surface area contributed by atoms with E-state index >= 15 is 0 Å². The number of ether oxygens (including phenoxy) is 2. The van der Waals surface area contributed by atoms with Gasteiger partial charge in [0.15, 0.2) is 5.78 Å². The van der Waals surface area contributed by atoms with Crippen molar-refractivity contribution in [3.05, 3.63) is 22.8 Å². The van der Waals surface area contributed by atoms with Crippen molar-refractivity contribution in [3.63, 3.8) is 0 Å². The Morgan fingerprint density at radius 2 is 2.00 bits per heavy atom. The fraction of sp³-hybridized carbons (Fsp3) is 0.720. The topological polar surface area (TPSA) is 110 Å². The molecular weight excluding hydrogens is 412 g/mol. The van der Waals surface area contributed by atoms with Crippen molar-refractivity contribution in [1.29, 1.82) is 0 Å². The summed E-state index contributed by atoms with van der Waals surface area (Å²) in [6.07, 6.45) is 3.51. The van der Waals surface area contributed by atoms with E-state index in [0.29, 0.717) is 24.0 Å². The number of ketones is 1. The van der Waals surface area contributed by atoms with Crippen molar-refractivity contribution in [3.8, 4) is 0 Å². The van der Waals surface area contributed by atoms with Crippen molar-refractivity contribution < 1.29 is 34.1 Å². The van der Waals surface area contributed by atoms with Gasteiger partial charge in [-0.2, -0.15) is 0 Å². The van der Waals surface area contributed by atoms with E-state index < -0.39 is 28.5 Å². The molecule has 0 amide bonds. The van der Waals surface area contributed by atoms with Gasteiger partial charge in [-0.1, -0.05) is 33.8 Å². The zero-order chi connectivity index (χ0) is 23.6. The fourth-order valence-electron chi connectivity index (χ4n) is 6.90. The van der Waals surface area contributed by atoms with Crippen LogP contribution in [0.3, 0.4) is 0 Å². The smallest absolute Gasteiger partial charge is 0.335 e. The van der Waals surface area contributed by atoms with Crippen LogP contribution in [0.25, 0.3) is 0 Å². The minimum atomic E-state index is -1.04. The highest BCUT2D eigenvalue weighted by atomic mass is 16.5. The monoisotopic (exact) mass is 446 g/mol. The molecule has 0 aromatic heterocycles. The number of fused-ring (bicyclic) bond motifs is 3. The number of carbonyl (C=O) groups excluding carboxylic acids is 2. The second-order valence-corrected chi connectivity index (χ2v) is 10.9. The SMILES string of the molecule is COC(=O)C[C@@H](C)[C@H]1CC=C2C(C(=O)O)=C(C[C@]34CC[C@@H](O3)C(C)(C)C4=O)C[C@@H](O)[C@]21C. The highest BCUT2D eigenvalue weighted by molar-refractivity contribution is 5.97. The van der Waals surface area contributed by atoms with Crippen molar-refractivity contribution in [2.75, 3.05) is 7.11 Å². The van der Waals surface area contributed by atoms with E-state index in [1.54, 1.807) is 0 Å². The maximum Gasteiger partial charge on any atom is 0.335 e. The number of hydrogen-bond donors (Lipinski definition) is 2. The molecule has 7 nitrogen and oxygen atoms in total. The number of aliphatic hydroxyl groups excluding tert-OH is 1. The highest BCUT2D eigenvalue weighted by Gasteiger charge is 2.64. The normalized spacial score (nSPS) is 38.5. The van der Waals surface area contributed by atoms with Gasteiger partial charge in [0, 0.05) is 18.3 Å². The minimum absolute atomic E-state index is 0.0336. The third kappa shape index (κ3) is 3.11. The van der Waals surface area contributed by atoms with E-state index in [9.17, 15) is 24.6 Å². The van der Waals surface area contributed by atoms with Crippen LogP contribution in [-0.2, 0) is 23.9 Å². The Balaban J connectivity index is 1.69. The number of carboxylic acids is 1. The average Bonchev–Trinajstić information content (AvgIpc) is 3.34. The van der Waals surface area contributed by atoms with Gasteiger partial charge >= 0.3 is 11.9 Å². The number of carboxylic acid groups (broad SMARTS) is 1. The van der Waals surface area contributed by atoms with Crippen LogP contribution >= 0.6 is 0 Å². The van der Waals surface area contributed by atoms with Crippen LogP contribution in [0.1, 0.15) is 66.2 Å². The molecule has 2 N–H and O–H groups in total. The number of methoxy groups -OCH3 is 1. The van der Waals surface area contributed by atoms with Gasteiger partial charge in [0.25, 0.3) is 0 Å². The number of rotatable bonds is 6. The van der Waals surface area contributed by atoms with Crippen molar-refractivity contribution in [2.24, 2.45) is 22.7 Å². The number of aliphatic hydroxyl groups is 1. The molecule has 0 spiro atoms. The summed E-state index contributed by atoms with van der Waals surface area (Å²) in [5, 5.41) is 21.5. The van der Waals surface area contributed by atoms with Gasteiger partial charge in [-0.15, -0.1) is 0 Å². The second-order valence-electron chi connectivity index (χ2n) is 10.9. The van der Waals surface area contributed by atoms with E-state index in [0.717, 1.165) is 6.42 Å². The van der Waals surface area contributed by atoms with E-state index in [-0.39, 0.29) is 54.5 Å². The molecule has 176 valence electrons. The van der Waals surface area contributed by atoms with Gasteiger partial charge in [-0.05, 0) is 48.7 Å². The number of carbonyl (C=O) groups is 3. The summed E-state index contributed by atoms with van der Waals surface area (Å²) in [4.78, 5) is 37.5. The summed E-state index contributed by atoms with van der Waals surface area (Å²) < 4.78 is 11.0. The molecule has 4 aliphatic rings. The van der Waals surface area contributed by atoms with E-state index in [1.807, 2.05) is 33.8 Å². The number of Topliss-reactive ketones (excluding diaryl/α,β-unsaturated/α-hetero) is 1. The molecule has 7 heteroatoms. The first-order valence-corrected chi connectivity index (χ1v) is 11.5. The zero-order valence-corrected chi connectivity index (χ0v) is 19.6. The van der Waals surface area contributed by atoms with Crippen LogP contribution in [0.5, 0.6) is 0 Å². The standard InChI is InChI=1S/C25H34O7/c1-13(10-19(27)31-5)15-6-7-16-20(21(28)29)14(11-17(26)24(15,16)4)12-25-9-8-18(32-25)23(2,3)22(25)30/h7,13,15,17-18,26H,6,8-12H2,1-5H3,(H,28,29)/t13-,15-,17-,18-,24+,25+/m1/s1. The number of aliphatic carboxylic acids is 1. The second kappa shape index (κ2) is 7.52. The first-order valence-electron chi connectivity index (χ1n) is 11.5. The molecule has 0 aromatic carbocycles. The van der Waals surface area contributed by atoms with Crippen LogP contribution < -0.4 is 0 Å². The Morgan fingerprint density at radius 1 is 1.31 bits per heavy atom. The van der Waals surface area contributed by atoms with Gasteiger partial charge in [0.05, 0.1) is 30.3 Å². The molecule has 6 atom stereocenters. The Kier molecular flexibility index (Phi) is 5.45.